The summed E-state index contributed by atoms with van der Waals surface area (Å²) in [5.74, 6) is -0.497. The van der Waals surface area contributed by atoms with Crippen molar-refractivity contribution in [2.24, 2.45) is 0 Å². The summed E-state index contributed by atoms with van der Waals surface area (Å²) < 4.78 is 13.2. The molecule has 0 atom stereocenters. The molecule has 10 heteroatoms. The van der Waals surface area contributed by atoms with E-state index in [0.29, 0.717) is 23.0 Å². The highest BCUT2D eigenvalue weighted by atomic mass is 16.5. The van der Waals surface area contributed by atoms with Crippen molar-refractivity contribution in [3.05, 3.63) is 84.0 Å². The summed E-state index contributed by atoms with van der Waals surface area (Å²) in [5.41, 5.74) is 1.43. The summed E-state index contributed by atoms with van der Waals surface area (Å²) in [7, 11) is 0. The summed E-state index contributed by atoms with van der Waals surface area (Å²) in [5, 5.41) is 8.70. The molecule has 33 heavy (non-hydrogen) atoms. The first-order valence-electron chi connectivity index (χ1n) is 10.5. The van der Waals surface area contributed by atoms with Gasteiger partial charge in [-0.05, 0) is 38.1 Å². The Morgan fingerprint density at radius 3 is 1.45 bits per heavy atom. The van der Waals surface area contributed by atoms with Crippen LogP contribution in [0.4, 0.5) is 0 Å². The average molecular weight is 446 g/mol. The fourth-order valence-electron chi connectivity index (χ4n) is 3.18. The van der Waals surface area contributed by atoms with Crippen LogP contribution < -0.4 is 0 Å². The lowest BCUT2D eigenvalue weighted by Gasteiger charge is -2.07. The second kappa shape index (κ2) is 9.86. The van der Waals surface area contributed by atoms with Crippen LogP contribution >= 0.6 is 0 Å². The third-order valence-electron chi connectivity index (χ3n) is 4.58. The molecular formula is C23H22N6O4. The van der Waals surface area contributed by atoms with Crippen LogP contribution in [0.25, 0.3) is 11.4 Å². The average Bonchev–Trinajstić information content (AvgIpc) is 3.46. The Morgan fingerprint density at radius 1 is 0.697 bits per heavy atom. The number of carbonyl (C=O) groups excluding carboxylic acids is 2. The first-order chi connectivity index (χ1) is 16.1. The summed E-state index contributed by atoms with van der Waals surface area (Å²) in [6, 6.07) is 18.6. The minimum Gasteiger partial charge on any atom is -0.460 e. The standard InChI is InChI=1S/C23H22N6O4/c1-3-32-22(30)20-24-18(28(26-20)16-11-7-5-8-12-16)15-19-25-21(23(31)33-4-2)27-29(19)17-13-9-6-10-14-17/h5-14H,3-4,15H2,1-2H3. The molecular weight excluding hydrogens is 424 g/mol. The molecule has 0 radical (unpaired) electrons. The van der Waals surface area contributed by atoms with Gasteiger partial charge in [-0.2, -0.15) is 0 Å². The van der Waals surface area contributed by atoms with E-state index in [4.69, 9.17) is 9.47 Å². The Labute approximate surface area is 189 Å². The van der Waals surface area contributed by atoms with Crippen molar-refractivity contribution in [2.45, 2.75) is 20.3 Å². The van der Waals surface area contributed by atoms with Gasteiger partial charge in [-0.25, -0.2) is 28.9 Å². The zero-order chi connectivity index (χ0) is 23.2. The summed E-state index contributed by atoms with van der Waals surface area (Å²) in [4.78, 5) is 33.4. The van der Waals surface area contributed by atoms with Gasteiger partial charge >= 0.3 is 11.9 Å². The third-order valence-corrected chi connectivity index (χ3v) is 4.58. The fraction of sp³-hybridized carbons (Fsp3) is 0.217. The smallest absolute Gasteiger partial charge is 0.378 e. The van der Waals surface area contributed by atoms with E-state index in [2.05, 4.69) is 20.2 Å². The minimum absolute atomic E-state index is 0.0629. The molecule has 0 aliphatic rings. The summed E-state index contributed by atoms with van der Waals surface area (Å²) in [6.45, 7) is 3.84. The summed E-state index contributed by atoms with van der Waals surface area (Å²) in [6.07, 6.45) is 0.141. The van der Waals surface area contributed by atoms with Gasteiger partial charge in [0.15, 0.2) is 0 Å². The second-order valence-electron chi connectivity index (χ2n) is 6.82. The van der Waals surface area contributed by atoms with Crippen molar-refractivity contribution in [2.75, 3.05) is 13.2 Å². The van der Waals surface area contributed by atoms with Crippen molar-refractivity contribution < 1.29 is 19.1 Å². The van der Waals surface area contributed by atoms with Crippen LogP contribution in [-0.4, -0.2) is 54.7 Å². The summed E-state index contributed by atoms with van der Waals surface area (Å²) >= 11 is 0. The van der Waals surface area contributed by atoms with E-state index in [-0.39, 0.29) is 31.3 Å². The molecule has 10 nitrogen and oxygen atoms in total. The van der Waals surface area contributed by atoms with Crippen LogP contribution in [0.15, 0.2) is 60.7 Å². The molecule has 2 aromatic carbocycles. The SMILES string of the molecule is CCOC(=O)c1nc(Cc2nc(C(=O)OCC)nn2-c2ccccc2)n(-c2ccccc2)n1. The van der Waals surface area contributed by atoms with Gasteiger partial charge in [-0.3, -0.25) is 0 Å². The Balaban J connectivity index is 1.79. The Hall–Kier alpha value is -4.34. The topological polar surface area (TPSA) is 114 Å². The molecule has 0 spiro atoms. The highest BCUT2D eigenvalue weighted by Crippen LogP contribution is 2.17. The van der Waals surface area contributed by atoms with E-state index >= 15 is 0 Å². The van der Waals surface area contributed by atoms with Crippen LogP contribution in [0, 0.1) is 0 Å². The molecule has 0 saturated carbocycles. The number of hydrogen-bond acceptors (Lipinski definition) is 8. The maximum Gasteiger partial charge on any atom is 0.378 e. The van der Waals surface area contributed by atoms with Crippen molar-refractivity contribution in [3.63, 3.8) is 0 Å². The van der Waals surface area contributed by atoms with E-state index in [9.17, 15) is 9.59 Å². The lowest BCUT2D eigenvalue weighted by atomic mass is 10.3. The molecule has 168 valence electrons. The van der Waals surface area contributed by atoms with Gasteiger partial charge in [-0.15, -0.1) is 10.2 Å². The van der Waals surface area contributed by atoms with Crippen LogP contribution in [0.5, 0.6) is 0 Å². The van der Waals surface area contributed by atoms with Gasteiger partial charge in [-0.1, -0.05) is 36.4 Å². The molecule has 2 heterocycles. The monoisotopic (exact) mass is 446 g/mol. The lowest BCUT2D eigenvalue weighted by Crippen LogP contribution is -2.09. The highest BCUT2D eigenvalue weighted by molar-refractivity contribution is 5.85. The number of benzene rings is 2. The molecule has 0 bridgehead atoms. The molecule has 0 aliphatic carbocycles. The van der Waals surface area contributed by atoms with Crippen molar-refractivity contribution in [1.29, 1.82) is 0 Å². The number of carbonyl (C=O) groups is 2. The van der Waals surface area contributed by atoms with Crippen LogP contribution in [0.2, 0.25) is 0 Å². The first kappa shape index (κ1) is 21.9. The number of para-hydroxylation sites is 2. The van der Waals surface area contributed by atoms with Gasteiger partial charge < -0.3 is 9.47 Å². The highest BCUT2D eigenvalue weighted by Gasteiger charge is 2.23. The fourth-order valence-corrected chi connectivity index (χ4v) is 3.18. The van der Waals surface area contributed by atoms with Crippen LogP contribution in [-0.2, 0) is 15.9 Å². The van der Waals surface area contributed by atoms with E-state index in [0.717, 1.165) is 0 Å². The molecule has 0 fully saturated rings. The Bertz CT molecular complexity index is 1150. The molecule has 0 N–H and O–H groups in total. The van der Waals surface area contributed by atoms with Gasteiger partial charge in [0.25, 0.3) is 11.6 Å². The molecule has 0 unspecified atom stereocenters. The Morgan fingerprint density at radius 2 is 1.09 bits per heavy atom. The van der Waals surface area contributed by atoms with Gasteiger partial charge in [0.05, 0.1) is 31.0 Å². The lowest BCUT2D eigenvalue weighted by molar-refractivity contribution is 0.0503. The zero-order valence-electron chi connectivity index (χ0n) is 18.2. The number of ether oxygens (including phenoxy) is 2. The molecule has 4 rings (SSSR count). The predicted molar refractivity (Wildman–Crippen MR) is 117 cm³/mol. The number of aromatic nitrogens is 6. The molecule has 2 aromatic heterocycles. The molecule has 0 aliphatic heterocycles. The zero-order valence-corrected chi connectivity index (χ0v) is 18.2. The third kappa shape index (κ3) is 4.79. The van der Waals surface area contributed by atoms with Crippen LogP contribution in [0.3, 0.4) is 0 Å². The Kier molecular flexibility index (Phi) is 6.53. The molecule has 0 saturated heterocycles. The van der Waals surface area contributed by atoms with Gasteiger partial charge in [0.1, 0.15) is 11.6 Å². The van der Waals surface area contributed by atoms with E-state index in [1.54, 1.807) is 23.2 Å². The number of rotatable bonds is 8. The quantitative estimate of drug-likeness (QED) is 0.380. The first-order valence-corrected chi connectivity index (χ1v) is 10.5. The number of hydrogen-bond donors (Lipinski definition) is 0. The normalized spacial score (nSPS) is 10.7. The van der Waals surface area contributed by atoms with Crippen molar-refractivity contribution in [3.8, 4) is 11.4 Å². The van der Waals surface area contributed by atoms with Crippen molar-refractivity contribution in [1.82, 2.24) is 29.5 Å². The second-order valence-corrected chi connectivity index (χ2v) is 6.82. The molecule has 4 aromatic rings. The number of esters is 2. The van der Waals surface area contributed by atoms with Gasteiger partial charge in [0.2, 0.25) is 0 Å². The van der Waals surface area contributed by atoms with Crippen molar-refractivity contribution >= 4 is 11.9 Å². The number of nitrogens with zero attached hydrogens (tertiary/aromatic N) is 6. The predicted octanol–water partition coefficient (Wildman–Crippen LogP) is 2.79. The largest absolute Gasteiger partial charge is 0.460 e. The maximum atomic E-state index is 12.3. The van der Waals surface area contributed by atoms with E-state index in [1.807, 2.05) is 60.7 Å². The maximum absolute atomic E-state index is 12.3. The molecule has 0 amide bonds. The van der Waals surface area contributed by atoms with E-state index < -0.39 is 11.9 Å². The van der Waals surface area contributed by atoms with Gasteiger partial charge in [0, 0.05) is 0 Å². The minimum atomic E-state index is -0.620. The van der Waals surface area contributed by atoms with E-state index in [1.165, 1.54) is 0 Å². The van der Waals surface area contributed by atoms with Crippen LogP contribution in [0.1, 0.15) is 46.7 Å².